The summed E-state index contributed by atoms with van der Waals surface area (Å²) in [6, 6.07) is 20.2. The highest BCUT2D eigenvalue weighted by atomic mass is 32.2. The van der Waals surface area contributed by atoms with E-state index in [4.69, 9.17) is 12.2 Å². The first kappa shape index (κ1) is 19.7. The lowest BCUT2D eigenvalue weighted by molar-refractivity contribution is -0.113. The summed E-state index contributed by atoms with van der Waals surface area (Å²) in [6.07, 6.45) is 2.94. The molecule has 1 saturated heterocycles. The Labute approximate surface area is 181 Å². The fourth-order valence-electron chi connectivity index (χ4n) is 3.74. The topological polar surface area (TPSA) is 25.2 Å². The summed E-state index contributed by atoms with van der Waals surface area (Å²) in [4.78, 5) is 15.3. The number of amides is 1. The number of carbonyl (C=O) groups excluding carboxylic acids is 1. The van der Waals surface area contributed by atoms with Gasteiger partial charge in [0.2, 0.25) is 0 Å². The van der Waals surface area contributed by atoms with E-state index >= 15 is 0 Å². The van der Waals surface area contributed by atoms with Crippen LogP contribution >= 0.6 is 24.0 Å². The lowest BCUT2D eigenvalue weighted by atomic mass is 10.1. The summed E-state index contributed by atoms with van der Waals surface area (Å²) in [5, 5.41) is 0. The molecule has 0 radical (unpaired) electrons. The molecule has 1 aromatic heterocycles. The minimum atomic E-state index is -0.0649. The highest BCUT2D eigenvalue weighted by Gasteiger charge is 2.33. The van der Waals surface area contributed by atoms with Gasteiger partial charge in [-0.2, -0.15) is 0 Å². The molecule has 146 valence electrons. The Balaban J connectivity index is 1.73. The van der Waals surface area contributed by atoms with E-state index in [9.17, 15) is 4.79 Å². The standard InChI is InChI=1S/C24H22N2OS2/c1-4-18-10-8-9-13-21(18)25-16(2)14-19(17(25)3)15-22-23(27)26(24(28)29-22)20-11-6-5-7-12-20/h5-15H,4H2,1-3H3/b22-15-. The predicted octanol–water partition coefficient (Wildman–Crippen LogP) is 6.06. The van der Waals surface area contributed by atoms with E-state index in [1.807, 2.05) is 36.4 Å². The number of para-hydroxylation sites is 2. The van der Waals surface area contributed by atoms with Crippen molar-refractivity contribution in [3.63, 3.8) is 0 Å². The molecule has 0 atom stereocenters. The molecule has 29 heavy (non-hydrogen) atoms. The van der Waals surface area contributed by atoms with Crippen LogP contribution in [0.5, 0.6) is 0 Å². The third kappa shape index (κ3) is 3.56. The van der Waals surface area contributed by atoms with Gasteiger partial charge in [0.25, 0.3) is 5.91 Å². The molecule has 5 heteroatoms. The average molecular weight is 419 g/mol. The van der Waals surface area contributed by atoms with Crippen molar-refractivity contribution in [1.29, 1.82) is 0 Å². The van der Waals surface area contributed by atoms with E-state index in [2.05, 4.69) is 55.7 Å². The predicted molar refractivity (Wildman–Crippen MR) is 127 cm³/mol. The molecular weight excluding hydrogens is 396 g/mol. The number of hydrogen-bond donors (Lipinski definition) is 0. The number of aryl methyl sites for hydroxylation is 2. The van der Waals surface area contributed by atoms with Crippen LogP contribution in [0, 0.1) is 13.8 Å². The fourth-order valence-corrected chi connectivity index (χ4v) is 5.03. The largest absolute Gasteiger partial charge is 0.318 e. The number of thioether (sulfide) groups is 1. The van der Waals surface area contributed by atoms with Gasteiger partial charge in [-0.1, -0.05) is 67.3 Å². The molecule has 3 nitrogen and oxygen atoms in total. The lowest BCUT2D eigenvalue weighted by Gasteiger charge is -2.14. The molecule has 2 aromatic carbocycles. The molecule has 0 bridgehead atoms. The van der Waals surface area contributed by atoms with Crippen LogP contribution in [0.2, 0.25) is 0 Å². The molecule has 1 aliphatic heterocycles. The molecule has 0 aliphatic carbocycles. The van der Waals surface area contributed by atoms with E-state index in [0.717, 1.165) is 29.1 Å². The van der Waals surface area contributed by atoms with Gasteiger partial charge in [0.05, 0.1) is 10.6 Å². The summed E-state index contributed by atoms with van der Waals surface area (Å²) in [5.74, 6) is -0.0649. The second kappa shape index (κ2) is 8.01. The van der Waals surface area contributed by atoms with E-state index in [0.29, 0.717) is 9.23 Å². The van der Waals surface area contributed by atoms with Crippen molar-refractivity contribution < 1.29 is 4.79 Å². The number of carbonyl (C=O) groups is 1. The number of benzene rings is 2. The van der Waals surface area contributed by atoms with Crippen LogP contribution in [-0.4, -0.2) is 14.8 Å². The third-order valence-electron chi connectivity index (χ3n) is 5.18. The van der Waals surface area contributed by atoms with Crippen LogP contribution in [0.4, 0.5) is 5.69 Å². The van der Waals surface area contributed by atoms with E-state index in [1.54, 1.807) is 4.90 Å². The third-order valence-corrected chi connectivity index (χ3v) is 6.48. The van der Waals surface area contributed by atoms with E-state index in [-0.39, 0.29) is 5.91 Å². The van der Waals surface area contributed by atoms with Gasteiger partial charge < -0.3 is 4.57 Å². The maximum absolute atomic E-state index is 13.0. The summed E-state index contributed by atoms with van der Waals surface area (Å²) in [5.41, 5.74) is 6.61. The number of thiocarbonyl (C=S) groups is 1. The number of rotatable bonds is 4. The molecule has 0 saturated carbocycles. The Morgan fingerprint density at radius 1 is 1.03 bits per heavy atom. The molecule has 0 unspecified atom stereocenters. The Hall–Kier alpha value is -2.63. The lowest BCUT2D eigenvalue weighted by Crippen LogP contribution is -2.27. The van der Waals surface area contributed by atoms with Crippen LogP contribution < -0.4 is 4.90 Å². The minimum absolute atomic E-state index is 0.0649. The number of aromatic nitrogens is 1. The summed E-state index contributed by atoms with van der Waals surface area (Å²) >= 11 is 6.85. The van der Waals surface area contributed by atoms with Gasteiger partial charge in [-0.3, -0.25) is 9.69 Å². The first-order valence-corrected chi connectivity index (χ1v) is 10.8. The van der Waals surface area contributed by atoms with Gasteiger partial charge in [0.1, 0.15) is 0 Å². The molecule has 1 amide bonds. The fraction of sp³-hybridized carbons (Fsp3) is 0.167. The Bertz CT molecular complexity index is 1130. The van der Waals surface area contributed by atoms with E-state index < -0.39 is 0 Å². The normalized spacial score (nSPS) is 15.6. The van der Waals surface area contributed by atoms with Crippen molar-refractivity contribution in [3.05, 3.63) is 88.1 Å². The van der Waals surface area contributed by atoms with Crippen molar-refractivity contribution in [2.75, 3.05) is 4.90 Å². The minimum Gasteiger partial charge on any atom is -0.318 e. The van der Waals surface area contributed by atoms with E-state index in [1.165, 1.54) is 23.0 Å². The smallest absolute Gasteiger partial charge is 0.270 e. The molecule has 0 spiro atoms. The SMILES string of the molecule is CCc1ccccc1-n1c(C)cc(/C=C2\SC(=S)N(c3ccccc3)C2=O)c1C. The van der Waals surface area contributed by atoms with Gasteiger partial charge >= 0.3 is 0 Å². The Kier molecular flexibility index (Phi) is 5.43. The number of hydrogen-bond acceptors (Lipinski definition) is 3. The molecule has 3 aromatic rings. The molecule has 1 fully saturated rings. The van der Waals surface area contributed by atoms with Gasteiger partial charge in [0, 0.05) is 17.1 Å². The first-order valence-electron chi connectivity index (χ1n) is 9.61. The van der Waals surface area contributed by atoms with Crippen molar-refractivity contribution in [3.8, 4) is 5.69 Å². The monoisotopic (exact) mass is 418 g/mol. The summed E-state index contributed by atoms with van der Waals surface area (Å²) in [6.45, 7) is 6.37. The number of anilines is 1. The molecule has 4 rings (SSSR count). The Morgan fingerprint density at radius 3 is 2.45 bits per heavy atom. The Morgan fingerprint density at radius 2 is 1.72 bits per heavy atom. The average Bonchev–Trinajstić information content (AvgIpc) is 3.17. The van der Waals surface area contributed by atoms with Crippen molar-refractivity contribution in [1.82, 2.24) is 4.57 Å². The van der Waals surface area contributed by atoms with Crippen LogP contribution in [0.1, 0.15) is 29.4 Å². The van der Waals surface area contributed by atoms with Crippen LogP contribution in [0.3, 0.4) is 0 Å². The maximum Gasteiger partial charge on any atom is 0.270 e. The van der Waals surface area contributed by atoms with Crippen molar-refractivity contribution in [2.45, 2.75) is 27.2 Å². The highest BCUT2D eigenvalue weighted by Crippen LogP contribution is 2.37. The second-order valence-corrected chi connectivity index (χ2v) is 8.67. The zero-order valence-corrected chi connectivity index (χ0v) is 18.3. The van der Waals surface area contributed by atoms with Gasteiger partial charge in [-0.15, -0.1) is 0 Å². The summed E-state index contributed by atoms with van der Waals surface area (Å²) in [7, 11) is 0. The van der Waals surface area contributed by atoms with Gasteiger partial charge in [0.15, 0.2) is 4.32 Å². The van der Waals surface area contributed by atoms with Crippen molar-refractivity contribution in [2.24, 2.45) is 0 Å². The van der Waals surface area contributed by atoms with Crippen LogP contribution in [0.15, 0.2) is 65.6 Å². The highest BCUT2D eigenvalue weighted by molar-refractivity contribution is 8.27. The zero-order valence-electron chi connectivity index (χ0n) is 16.7. The molecular formula is C24H22N2OS2. The molecule has 0 N–H and O–H groups in total. The van der Waals surface area contributed by atoms with Crippen LogP contribution in [-0.2, 0) is 11.2 Å². The van der Waals surface area contributed by atoms with Gasteiger partial charge in [-0.25, -0.2) is 0 Å². The van der Waals surface area contributed by atoms with Crippen molar-refractivity contribution >= 4 is 46.0 Å². The van der Waals surface area contributed by atoms with Gasteiger partial charge in [-0.05, 0) is 61.7 Å². The zero-order chi connectivity index (χ0) is 20.5. The molecule has 2 heterocycles. The number of nitrogens with zero attached hydrogens (tertiary/aromatic N) is 2. The quantitative estimate of drug-likeness (QED) is 0.380. The maximum atomic E-state index is 13.0. The molecule has 1 aliphatic rings. The summed E-state index contributed by atoms with van der Waals surface area (Å²) < 4.78 is 2.83. The second-order valence-electron chi connectivity index (χ2n) is 7.00. The van der Waals surface area contributed by atoms with Crippen LogP contribution in [0.25, 0.3) is 11.8 Å². The first-order chi connectivity index (χ1) is 14.0.